The van der Waals surface area contributed by atoms with Crippen LogP contribution in [0.2, 0.25) is 0 Å². The number of sulfonamides is 1. The maximum atomic E-state index is 13.0. The number of fused-ring (bicyclic) bond motifs is 1. The molecular formula is C17H22N2O6S. The van der Waals surface area contributed by atoms with Crippen molar-refractivity contribution in [3.63, 3.8) is 0 Å². The zero-order chi connectivity index (χ0) is 18.9. The molecule has 1 N–H and O–H groups in total. The molecule has 1 fully saturated rings. The van der Waals surface area contributed by atoms with E-state index in [1.807, 2.05) is 0 Å². The largest absolute Gasteiger partial charge is 0.479 e. The molecule has 1 amide bonds. The summed E-state index contributed by atoms with van der Waals surface area (Å²) < 4.78 is 37.7. The Bertz CT molecular complexity index is 823. The summed E-state index contributed by atoms with van der Waals surface area (Å²) in [4.78, 5) is 23.8. The summed E-state index contributed by atoms with van der Waals surface area (Å²) in [5.41, 5.74) is 0.327. The molecular weight excluding hydrogens is 360 g/mol. The van der Waals surface area contributed by atoms with E-state index in [0.717, 1.165) is 0 Å². The Labute approximate surface area is 152 Å². The van der Waals surface area contributed by atoms with Gasteiger partial charge in [-0.15, -0.1) is 0 Å². The number of hydrogen-bond donors (Lipinski definition) is 1. The van der Waals surface area contributed by atoms with E-state index in [9.17, 15) is 18.0 Å². The molecule has 2 atom stereocenters. The van der Waals surface area contributed by atoms with E-state index >= 15 is 0 Å². The van der Waals surface area contributed by atoms with Gasteiger partial charge in [-0.2, -0.15) is 4.31 Å². The molecule has 2 aliphatic heterocycles. The maximum absolute atomic E-state index is 13.0. The minimum Gasteiger partial charge on any atom is -0.479 e. The Balaban J connectivity index is 1.83. The van der Waals surface area contributed by atoms with E-state index in [-0.39, 0.29) is 29.9 Å². The second kappa shape index (κ2) is 7.24. The molecule has 2 heterocycles. The minimum atomic E-state index is -3.79. The van der Waals surface area contributed by atoms with Crippen molar-refractivity contribution in [2.45, 2.75) is 37.7 Å². The van der Waals surface area contributed by atoms with Gasteiger partial charge in [-0.05, 0) is 44.9 Å². The van der Waals surface area contributed by atoms with Crippen LogP contribution in [-0.2, 0) is 24.3 Å². The molecule has 2 unspecified atom stereocenters. The first-order valence-electron chi connectivity index (χ1n) is 8.61. The van der Waals surface area contributed by atoms with E-state index < -0.39 is 22.0 Å². The van der Waals surface area contributed by atoms with Crippen molar-refractivity contribution in [1.29, 1.82) is 0 Å². The maximum Gasteiger partial charge on any atom is 0.310 e. The number of benzene rings is 1. The Kier molecular flexibility index (Phi) is 5.19. The summed E-state index contributed by atoms with van der Waals surface area (Å²) in [5, 5.41) is 2.65. The summed E-state index contributed by atoms with van der Waals surface area (Å²) in [7, 11) is -3.79. The smallest absolute Gasteiger partial charge is 0.310 e. The Hall–Kier alpha value is -2.13. The molecule has 0 aliphatic carbocycles. The SMILES string of the molecule is CCOC(=O)C1CCCN(S(=O)(=O)c2ccc3c(c2)NC(=O)C(C)O3)C1. The van der Waals surface area contributed by atoms with Crippen LogP contribution < -0.4 is 10.1 Å². The highest BCUT2D eigenvalue weighted by molar-refractivity contribution is 7.89. The van der Waals surface area contributed by atoms with Crippen molar-refractivity contribution in [3.8, 4) is 5.75 Å². The molecule has 0 radical (unpaired) electrons. The summed E-state index contributed by atoms with van der Waals surface area (Å²) in [6.07, 6.45) is 0.569. The molecule has 0 saturated carbocycles. The molecule has 9 heteroatoms. The third-order valence-electron chi connectivity index (χ3n) is 4.52. The fraction of sp³-hybridized carbons (Fsp3) is 0.529. The van der Waals surface area contributed by atoms with Crippen LogP contribution >= 0.6 is 0 Å². The number of nitrogens with zero attached hydrogens (tertiary/aromatic N) is 1. The minimum absolute atomic E-state index is 0.0548. The predicted molar refractivity (Wildman–Crippen MR) is 93.3 cm³/mol. The van der Waals surface area contributed by atoms with Gasteiger partial charge in [0.25, 0.3) is 5.91 Å². The van der Waals surface area contributed by atoms with E-state index in [2.05, 4.69) is 5.32 Å². The average molecular weight is 382 g/mol. The van der Waals surface area contributed by atoms with Crippen LogP contribution in [-0.4, -0.2) is 50.4 Å². The molecule has 0 aromatic heterocycles. The van der Waals surface area contributed by atoms with Crippen LogP contribution in [0.4, 0.5) is 5.69 Å². The molecule has 1 aromatic carbocycles. The van der Waals surface area contributed by atoms with Crippen molar-refractivity contribution in [2.75, 3.05) is 25.0 Å². The van der Waals surface area contributed by atoms with Crippen LogP contribution in [0.5, 0.6) is 5.75 Å². The van der Waals surface area contributed by atoms with Crippen LogP contribution in [0.15, 0.2) is 23.1 Å². The Morgan fingerprint density at radius 1 is 1.42 bits per heavy atom. The second-order valence-electron chi connectivity index (χ2n) is 6.36. The quantitative estimate of drug-likeness (QED) is 0.789. The van der Waals surface area contributed by atoms with Gasteiger partial charge in [0, 0.05) is 13.1 Å². The predicted octanol–water partition coefficient (Wildman–Crippen LogP) is 1.37. The van der Waals surface area contributed by atoms with Crippen LogP contribution in [0, 0.1) is 5.92 Å². The van der Waals surface area contributed by atoms with E-state index in [1.54, 1.807) is 13.8 Å². The average Bonchev–Trinajstić information content (AvgIpc) is 2.62. The highest BCUT2D eigenvalue weighted by Crippen LogP contribution is 2.33. The summed E-state index contributed by atoms with van der Waals surface area (Å²) in [6, 6.07) is 4.37. The van der Waals surface area contributed by atoms with Crippen LogP contribution in [0.3, 0.4) is 0 Å². The number of esters is 1. The van der Waals surface area contributed by atoms with Gasteiger partial charge < -0.3 is 14.8 Å². The molecule has 142 valence electrons. The first-order chi connectivity index (χ1) is 12.3. The van der Waals surface area contributed by atoms with E-state index in [4.69, 9.17) is 9.47 Å². The summed E-state index contributed by atoms with van der Waals surface area (Å²) >= 11 is 0. The number of hydrogen-bond acceptors (Lipinski definition) is 6. The topological polar surface area (TPSA) is 102 Å². The third-order valence-corrected chi connectivity index (χ3v) is 6.38. The lowest BCUT2D eigenvalue weighted by Gasteiger charge is -2.31. The normalized spacial score (nSPS) is 23.5. The molecule has 26 heavy (non-hydrogen) atoms. The second-order valence-corrected chi connectivity index (χ2v) is 8.30. The number of ether oxygens (including phenoxy) is 2. The van der Waals surface area contributed by atoms with Gasteiger partial charge >= 0.3 is 5.97 Å². The standard InChI is InChI=1S/C17H22N2O6S/c1-3-24-17(21)12-5-4-8-19(10-12)26(22,23)13-6-7-15-14(9-13)18-16(20)11(2)25-15/h6-7,9,11-12H,3-5,8,10H2,1-2H3,(H,18,20). The lowest BCUT2D eigenvalue weighted by Crippen LogP contribution is -2.42. The van der Waals surface area contributed by atoms with Crippen molar-refractivity contribution >= 4 is 27.6 Å². The number of carbonyl (C=O) groups excluding carboxylic acids is 2. The number of carbonyl (C=O) groups is 2. The lowest BCUT2D eigenvalue weighted by atomic mass is 10.0. The summed E-state index contributed by atoms with van der Waals surface area (Å²) in [5.74, 6) is -0.723. The molecule has 8 nitrogen and oxygen atoms in total. The van der Waals surface area contributed by atoms with Gasteiger partial charge in [0.2, 0.25) is 10.0 Å². The first-order valence-corrected chi connectivity index (χ1v) is 10.0. The Morgan fingerprint density at radius 3 is 2.92 bits per heavy atom. The molecule has 0 bridgehead atoms. The van der Waals surface area contributed by atoms with Gasteiger partial charge in [-0.3, -0.25) is 9.59 Å². The number of piperidine rings is 1. The van der Waals surface area contributed by atoms with Crippen molar-refractivity contribution < 1.29 is 27.5 Å². The summed E-state index contributed by atoms with van der Waals surface area (Å²) in [6.45, 7) is 4.05. The van der Waals surface area contributed by atoms with E-state index in [1.165, 1.54) is 22.5 Å². The lowest BCUT2D eigenvalue weighted by molar-refractivity contribution is -0.149. The van der Waals surface area contributed by atoms with Gasteiger partial charge in [0.15, 0.2) is 6.10 Å². The number of anilines is 1. The van der Waals surface area contributed by atoms with Gasteiger partial charge in [-0.1, -0.05) is 0 Å². The van der Waals surface area contributed by atoms with Crippen LogP contribution in [0.1, 0.15) is 26.7 Å². The van der Waals surface area contributed by atoms with Gasteiger partial charge in [0.1, 0.15) is 5.75 Å². The fourth-order valence-electron chi connectivity index (χ4n) is 3.11. The van der Waals surface area contributed by atoms with Crippen molar-refractivity contribution in [3.05, 3.63) is 18.2 Å². The zero-order valence-corrected chi connectivity index (χ0v) is 15.5. The highest BCUT2D eigenvalue weighted by Gasteiger charge is 2.35. The molecule has 2 aliphatic rings. The number of nitrogens with one attached hydrogen (secondary N) is 1. The zero-order valence-electron chi connectivity index (χ0n) is 14.7. The fourth-order valence-corrected chi connectivity index (χ4v) is 4.66. The van der Waals surface area contributed by atoms with Gasteiger partial charge in [-0.25, -0.2) is 8.42 Å². The molecule has 1 aromatic rings. The molecule has 3 rings (SSSR count). The van der Waals surface area contributed by atoms with Crippen LogP contribution in [0.25, 0.3) is 0 Å². The molecule has 0 spiro atoms. The Morgan fingerprint density at radius 2 is 2.19 bits per heavy atom. The highest BCUT2D eigenvalue weighted by atomic mass is 32.2. The molecule has 1 saturated heterocycles. The van der Waals surface area contributed by atoms with E-state index in [0.29, 0.717) is 30.8 Å². The monoisotopic (exact) mass is 382 g/mol. The number of rotatable bonds is 4. The van der Waals surface area contributed by atoms with Gasteiger partial charge in [0.05, 0.1) is 23.1 Å². The number of amides is 1. The third kappa shape index (κ3) is 3.54. The van der Waals surface area contributed by atoms with Crippen molar-refractivity contribution in [2.24, 2.45) is 5.92 Å². The first kappa shape index (κ1) is 18.7. The van der Waals surface area contributed by atoms with Crippen molar-refractivity contribution in [1.82, 2.24) is 4.31 Å².